The SMILES string of the molecule is Cc1nn(C)cc1S(=O)(=O)N1CCC[C@@H]1c1cccc(Cc2ccccc2Cl)n1. The highest BCUT2D eigenvalue weighted by Crippen LogP contribution is 2.36. The van der Waals surface area contributed by atoms with Gasteiger partial charge in [-0.1, -0.05) is 35.9 Å². The molecule has 1 fully saturated rings. The average Bonchev–Trinajstić information content (AvgIpc) is 3.31. The highest BCUT2D eigenvalue weighted by Gasteiger charge is 2.38. The third-order valence-corrected chi connectivity index (χ3v) is 7.64. The second-order valence-corrected chi connectivity index (χ2v) is 9.61. The molecule has 1 atom stereocenters. The molecule has 1 saturated heterocycles. The lowest BCUT2D eigenvalue weighted by atomic mass is 10.1. The van der Waals surface area contributed by atoms with E-state index in [9.17, 15) is 8.42 Å². The van der Waals surface area contributed by atoms with Gasteiger partial charge >= 0.3 is 0 Å². The van der Waals surface area contributed by atoms with E-state index in [0.717, 1.165) is 29.8 Å². The lowest BCUT2D eigenvalue weighted by molar-refractivity contribution is 0.389. The Hall–Kier alpha value is -2.22. The van der Waals surface area contributed by atoms with Crippen molar-refractivity contribution < 1.29 is 8.42 Å². The topological polar surface area (TPSA) is 68.1 Å². The summed E-state index contributed by atoms with van der Waals surface area (Å²) in [5, 5.41) is 4.90. The first-order chi connectivity index (χ1) is 13.9. The van der Waals surface area contributed by atoms with E-state index in [-0.39, 0.29) is 10.9 Å². The van der Waals surface area contributed by atoms with Crippen LogP contribution in [0.15, 0.2) is 53.6 Å². The van der Waals surface area contributed by atoms with Crippen LogP contribution in [0.25, 0.3) is 0 Å². The minimum absolute atomic E-state index is 0.263. The summed E-state index contributed by atoms with van der Waals surface area (Å²) < 4.78 is 29.7. The Bertz CT molecular complexity index is 1140. The van der Waals surface area contributed by atoms with Crippen molar-refractivity contribution in [2.45, 2.75) is 37.1 Å². The predicted octanol–water partition coefficient (Wildman–Crippen LogP) is 3.89. The van der Waals surface area contributed by atoms with Crippen LogP contribution in [0.1, 0.15) is 41.5 Å². The number of rotatable bonds is 5. The van der Waals surface area contributed by atoms with Gasteiger partial charge in [-0.25, -0.2) is 8.42 Å². The number of halogens is 1. The molecule has 0 saturated carbocycles. The Labute approximate surface area is 176 Å². The van der Waals surface area contributed by atoms with E-state index in [1.54, 1.807) is 24.5 Å². The highest BCUT2D eigenvalue weighted by atomic mass is 35.5. The van der Waals surface area contributed by atoms with Crippen LogP contribution in [0.2, 0.25) is 5.02 Å². The van der Waals surface area contributed by atoms with Crippen molar-refractivity contribution >= 4 is 21.6 Å². The molecule has 0 amide bonds. The third kappa shape index (κ3) is 3.95. The summed E-state index contributed by atoms with van der Waals surface area (Å²) in [4.78, 5) is 5.05. The van der Waals surface area contributed by atoms with E-state index < -0.39 is 10.0 Å². The molecule has 3 heterocycles. The summed E-state index contributed by atoms with van der Waals surface area (Å²) >= 11 is 6.29. The molecular weight excluding hydrogens is 408 g/mol. The van der Waals surface area contributed by atoms with Gasteiger partial charge in [0.1, 0.15) is 4.90 Å². The average molecular weight is 431 g/mol. The summed E-state index contributed by atoms with van der Waals surface area (Å²) in [6.45, 7) is 2.21. The minimum atomic E-state index is -3.64. The van der Waals surface area contributed by atoms with Gasteiger partial charge in [-0.3, -0.25) is 9.67 Å². The molecule has 0 aliphatic carbocycles. The molecule has 1 aromatic carbocycles. The van der Waals surface area contributed by atoms with Gasteiger partial charge in [0.15, 0.2) is 0 Å². The molecule has 0 radical (unpaired) electrons. The summed E-state index contributed by atoms with van der Waals surface area (Å²) in [5.74, 6) is 0. The molecule has 0 unspecified atom stereocenters. The Kier molecular flexibility index (Phi) is 5.46. The fourth-order valence-electron chi connectivity index (χ4n) is 3.90. The molecule has 6 nitrogen and oxygen atoms in total. The van der Waals surface area contributed by atoms with E-state index >= 15 is 0 Å². The first kappa shape index (κ1) is 20.1. The van der Waals surface area contributed by atoms with Gasteiger partial charge in [-0.2, -0.15) is 9.40 Å². The van der Waals surface area contributed by atoms with E-state index in [1.165, 1.54) is 4.68 Å². The summed E-state index contributed by atoms with van der Waals surface area (Å²) in [5.41, 5.74) is 3.16. The maximum Gasteiger partial charge on any atom is 0.247 e. The van der Waals surface area contributed by atoms with Gasteiger partial charge in [-0.05, 0) is 43.5 Å². The molecule has 0 N–H and O–H groups in total. The quantitative estimate of drug-likeness (QED) is 0.615. The number of aryl methyl sites for hydroxylation is 2. The van der Waals surface area contributed by atoms with Crippen molar-refractivity contribution in [3.8, 4) is 0 Å². The number of nitrogens with zero attached hydrogens (tertiary/aromatic N) is 4. The fourth-order valence-corrected chi connectivity index (χ4v) is 5.97. The van der Waals surface area contributed by atoms with E-state index in [1.807, 2.05) is 42.5 Å². The predicted molar refractivity (Wildman–Crippen MR) is 112 cm³/mol. The van der Waals surface area contributed by atoms with E-state index in [0.29, 0.717) is 23.7 Å². The number of pyridine rings is 1. The highest BCUT2D eigenvalue weighted by molar-refractivity contribution is 7.89. The van der Waals surface area contributed by atoms with Gasteiger partial charge in [0.05, 0.1) is 17.4 Å². The normalized spacial score (nSPS) is 17.7. The Balaban J connectivity index is 1.64. The lowest BCUT2D eigenvalue weighted by Gasteiger charge is -2.23. The fraction of sp³-hybridized carbons (Fsp3) is 0.333. The molecule has 1 aliphatic heterocycles. The van der Waals surface area contributed by atoms with Crippen molar-refractivity contribution in [2.75, 3.05) is 6.54 Å². The maximum absolute atomic E-state index is 13.3. The minimum Gasteiger partial charge on any atom is -0.274 e. The molecule has 3 aromatic rings. The largest absolute Gasteiger partial charge is 0.274 e. The molecule has 2 aromatic heterocycles. The lowest BCUT2D eigenvalue weighted by Crippen LogP contribution is -2.31. The Morgan fingerprint density at radius 2 is 1.97 bits per heavy atom. The van der Waals surface area contributed by atoms with Crippen molar-refractivity contribution in [1.29, 1.82) is 0 Å². The maximum atomic E-state index is 13.3. The van der Waals surface area contributed by atoms with Gasteiger partial charge in [0.25, 0.3) is 0 Å². The molecule has 29 heavy (non-hydrogen) atoms. The van der Waals surface area contributed by atoms with Crippen molar-refractivity contribution in [1.82, 2.24) is 19.1 Å². The number of aromatic nitrogens is 3. The number of hydrogen-bond acceptors (Lipinski definition) is 4. The first-order valence-corrected chi connectivity index (χ1v) is 11.4. The van der Waals surface area contributed by atoms with Gasteiger partial charge in [0, 0.05) is 36.9 Å². The van der Waals surface area contributed by atoms with Crippen molar-refractivity contribution in [2.24, 2.45) is 7.05 Å². The van der Waals surface area contributed by atoms with Crippen LogP contribution in [0.4, 0.5) is 0 Å². The van der Waals surface area contributed by atoms with E-state index in [4.69, 9.17) is 16.6 Å². The number of benzene rings is 1. The van der Waals surface area contributed by atoms with Crippen LogP contribution in [0.5, 0.6) is 0 Å². The molecule has 0 spiro atoms. The second-order valence-electron chi connectivity index (χ2n) is 7.35. The van der Waals surface area contributed by atoms with Crippen LogP contribution in [0, 0.1) is 6.92 Å². The monoisotopic (exact) mass is 430 g/mol. The smallest absolute Gasteiger partial charge is 0.247 e. The Morgan fingerprint density at radius 1 is 1.17 bits per heavy atom. The van der Waals surface area contributed by atoms with Crippen LogP contribution >= 0.6 is 11.6 Å². The molecular formula is C21H23ClN4O2S. The van der Waals surface area contributed by atoms with E-state index in [2.05, 4.69) is 5.10 Å². The van der Waals surface area contributed by atoms with Gasteiger partial charge in [0.2, 0.25) is 10.0 Å². The van der Waals surface area contributed by atoms with Crippen LogP contribution < -0.4 is 0 Å². The van der Waals surface area contributed by atoms with Gasteiger partial charge in [-0.15, -0.1) is 0 Å². The standard InChI is InChI=1S/C21H23ClN4O2S/c1-15-21(14-25(2)24-15)29(27,28)26-12-6-11-20(26)19-10-5-8-17(23-19)13-16-7-3-4-9-18(16)22/h3-5,7-10,14,20H,6,11-13H2,1-2H3/t20-/m1/s1. The summed E-state index contributed by atoms with van der Waals surface area (Å²) in [7, 11) is -1.91. The van der Waals surface area contributed by atoms with Crippen LogP contribution in [-0.2, 0) is 23.5 Å². The number of hydrogen-bond donors (Lipinski definition) is 0. The molecule has 4 rings (SSSR count). The van der Waals surface area contributed by atoms with Crippen molar-refractivity contribution in [3.63, 3.8) is 0 Å². The second kappa shape index (κ2) is 7.89. The van der Waals surface area contributed by atoms with Crippen LogP contribution in [0.3, 0.4) is 0 Å². The Morgan fingerprint density at radius 3 is 2.69 bits per heavy atom. The summed E-state index contributed by atoms with van der Waals surface area (Å²) in [6.07, 6.45) is 3.73. The molecule has 8 heteroatoms. The summed E-state index contributed by atoms with van der Waals surface area (Å²) in [6, 6.07) is 13.2. The molecule has 0 bridgehead atoms. The molecule has 152 valence electrons. The molecule has 1 aliphatic rings. The third-order valence-electron chi connectivity index (χ3n) is 5.26. The zero-order chi connectivity index (χ0) is 20.6. The van der Waals surface area contributed by atoms with Gasteiger partial charge < -0.3 is 0 Å². The zero-order valence-corrected chi connectivity index (χ0v) is 18.0. The zero-order valence-electron chi connectivity index (χ0n) is 16.4. The van der Waals surface area contributed by atoms with Crippen molar-refractivity contribution in [3.05, 3.63) is 76.3 Å². The number of sulfonamides is 1. The van der Waals surface area contributed by atoms with Crippen LogP contribution in [-0.4, -0.2) is 34.0 Å². The first-order valence-electron chi connectivity index (χ1n) is 9.57.